The molecule has 0 heterocycles. The van der Waals surface area contributed by atoms with Crippen molar-refractivity contribution in [2.45, 2.75) is 0 Å². The summed E-state index contributed by atoms with van der Waals surface area (Å²) in [6, 6.07) is 0. The highest BCUT2D eigenvalue weighted by molar-refractivity contribution is 7.91. The second-order valence-corrected chi connectivity index (χ2v) is 4.42. The number of sulfone groups is 1. The third-order valence-electron chi connectivity index (χ3n) is 0.775. The Morgan fingerprint density at radius 1 is 1.46 bits per heavy atom. The average molecular weight is 211 g/mol. The molecule has 7 nitrogen and oxygen atoms in total. The van der Waals surface area contributed by atoms with Gasteiger partial charge in [0.25, 0.3) is 5.91 Å². The maximum Gasteiger partial charge on any atom is 0.332 e. The van der Waals surface area contributed by atoms with Crippen LogP contribution in [0.5, 0.6) is 0 Å². The fourth-order valence-corrected chi connectivity index (χ4v) is 0.981. The number of rotatable bonds is 5. The second-order valence-electron chi connectivity index (χ2n) is 2.28. The molecule has 0 atom stereocenters. The van der Waals surface area contributed by atoms with E-state index in [4.69, 9.17) is 5.11 Å². The van der Waals surface area contributed by atoms with Crippen LogP contribution in [0.2, 0.25) is 0 Å². The van der Waals surface area contributed by atoms with E-state index in [1.54, 1.807) is 5.48 Å². The largest absolute Gasteiger partial charge is 0.479 e. The average Bonchev–Trinajstić information content (AvgIpc) is 1.81. The van der Waals surface area contributed by atoms with E-state index in [9.17, 15) is 18.0 Å². The van der Waals surface area contributed by atoms with Crippen molar-refractivity contribution in [3.63, 3.8) is 0 Å². The molecule has 0 saturated carbocycles. The van der Waals surface area contributed by atoms with Gasteiger partial charge in [-0.25, -0.2) is 18.7 Å². The first-order chi connectivity index (χ1) is 5.81. The Balaban J connectivity index is 3.71. The number of hydrogen-bond acceptors (Lipinski definition) is 5. The summed E-state index contributed by atoms with van der Waals surface area (Å²) in [5.41, 5.74) is 1.67. The van der Waals surface area contributed by atoms with Crippen molar-refractivity contribution in [3.8, 4) is 0 Å². The second kappa shape index (κ2) is 4.77. The summed E-state index contributed by atoms with van der Waals surface area (Å²) in [6.45, 7) is -0.713. The quantitative estimate of drug-likeness (QED) is 0.517. The van der Waals surface area contributed by atoms with Crippen LogP contribution in [0, 0.1) is 0 Å². The van der Waals surface area contributed by atoms with Crippen LogP contribution in [0.3, 0.4) is 0 Å². The summed E-state index contributed by atoms with van der Waals surface area (Å²) < 4.78 is 21.0. The van der Waals surface area contributed by atoms with Crippen molar-refractivity contribution in [2.24, 2.45) is 0 Å². The van der Waals surface area contributed by atoms with Crippen LogP contribution in [-0.2, 0) is 24.3 Å². The predicted octanol–water partition coefficient (Wildman–Crippen LogP) is -1.84. The Morgan fingerprint density at radius 2 is 2.00 bits per heavy atom. The standard InChI is InChI=1S/C5H9NO6S/c1-13(10,11)3-4(7)6-12-2-5(8)9/h2-3H2,1H3,(H,6,7)(H,8,9). The molecule has 0 spiro atoms. The van der Waals surface area contributed by atoms with E-state index in [0.29, 0.717) is 0 Å². The third kappa shape index (κ3) is 8.76. The molecule has 8 heteroatoms. The SMILES string of the molecule is CS(=O)(=O)CC(=O)NOCC(=O)O. The molecule has 2 N–H and O–H groups in total. The highest BCUT2D eigenvalue weighted by Crippen LogP contribution is 1.81. The monoisotopic (exact) mass is 211 g/mol. The zero-order chi connectivity index (χ0) is 10.5. The topological polar surface area (TPSA) is 110 Å². The molecule has 76 valence electrons. The fraction of sp³-hybridized carbons (Fsp3) is 0.600. The third-order valence-corrected chi connectivity index (χ3v) is 1.56. The number of amides is 1. The molecule has 0 rings (SSSR count). The first kappa shape index (κ1) is 11.8. The number of carboxylic acids is 1. The van der Waals surface area contributed by atoms with Gasteiger partial charge >= 0.3 is 5.97 Å². The van der Waals surface area contributed by atoms with E-state index in [2.05, 4.69) is 4.84 Å². The molecule has 13 heavy (non-hydrogen) atoms. The Kier molecular flexibility index (Phi) is 4.35. The van der Waals surface area contributed by atoms with Crippen molar-refractivity contribution in [3.05, 3.63) is 0 Å². The molecule has 0 unspecified atom stereocenters. The van der Waals surface area contributed by atoms with Crippen LogP contribution in [-0.4, -0.2) is 44.0 Å². The molecule has 0 aliphatic carbocycles. The lowest BCUT2D eigenvalue weighted by atomic mass is 10.7. The normalized spacial score (nSPS) is 10.8. The van der Waals surface area contributed by atoms with Gasteiger partial charge in [-0.15, -0.1) is 0 Å². The fourth-order valence-electron chi connectivity index (χ4n) is 0.446. The molecule has 0 saturated heterocycles. The number of hydrogen-bond donors (Lipinski definition) is 2. The molecule has 0 aromatic heterocycles. The minimum absolute atomic E-state index is 0.713. The lowest BCUT2D eigenvalue weighted by Crippen LogP contribution is -2.31. The minimum Gasteiger partial charge on any atom is -0.479 e. The van der Waals surface area contributed by atoms with Gasteiger partial charge in [0.05, 0.1) is 0 Å². The summed E-state index contributed by atoms with van der Waals surface area (Å²) in [4.78, 5) is 24.6. The summed E-state index contributed by atoms with van der Waals surface area (Å²) in [5, 5.41) is 8.06. The van der Waals surface area contributed by atoms with E-state index in [0.717, 1.165) is 6.26 Å². The summed E-state index contributed by atoms with van der Waals surface area (Å²) >= 11 is 0. The van der Waals surface area contributed by atoms with Gasteiger partial charge in [-0.2, -0.15) is 0 Å². The van der Waals surface area contributed by atoms with Gasteiger partial charge in [-0.3, -0.25) is 9.63 Å². The van der Waals surface area contributed by atoms with Gasteiger partial charge in [0.1, 0.15) is 5.75 Å². The Bertz CT molecular complexity index is 294. The molecule has 0 radical (unpaired) electrons. The van der Waals surface area contributed by atoms with Crippen LogP contribution in [0.1, 0.15) is 0 Å². The van der Waals surface area contributed by atoms with E-state index in [1.165, 1.54) is 0 Å². The molecular formula is C5H9NO6S. The molecule has 0 bridgehead atoms. The number of nitrogens with one attached hydrogen (secondary N) is 1. The van der Waals surface area contributed by atoms with Crippen LogP contribution >= 0.6 is 0 Å². The number of carbonyl (C=O) groups excluding carboxylic acids is 1. The first-order valence-corrected chi connectivity index (χ1v) is 5.17. The van der Waals surface area contributed by atoms with Gasteiger partial charge < -0.3 is 5.11 Å². The molecule has 0 aromatic carbocycles. The van der Waals surface area contributed by atoms with E-state index in [-0.39, 0.29) is 0 Å². The first-order valence-electron chi connectivity index (χ1n) is 3.11. The summed E-state index contributed by atoms with van der Waals surface area (Å²) in [5.74, 6) is -2.89. The maximum atomic E-state index is 10.6. The summed E-state index contributed by atoms with van der Waals surface area (Å²) in [7, 11) is -3.41. The lowest BCUT2D eigenvalue weighted by Gasteiger charge is -2.01. The van der Waals surface area contributed by atoms with Crippen LogP contribution in [0.25, 0.3) is 0 Å². The molecule has 0 aliphatic heterocycles. The van der Waals surface area contributed by atoms with Gasteiger partial charge in [0.2, 0.25) is 0 Å². The highest BCUT2D eigenvalue weighted by Gasteiger charge is 2.10. The smallest absolute Gasteiger partial charge is 0.332 e. The molecule has 0 aromatic rings. The van der Waals surface area contributed by atoms with Crippen molar-refractivity contribution in [1.29, 1.82) is 0 Å². The van der Waals surface area contributed by atoms with Gasteiger partial charge in [0, 0.05) is 6.26 Å². The Morgan fingerprint density at radius 3 is 2.38 bits per heavy atom. The molecule has 0 fully saturated rings. The van der Waals surface area contributed by atoms with Crippen LogP contribution in [0.15, 0.2) is 0 Å². The lowest BCUT2D eigenvalue weighted by molar-refractivity contribution is -0.148. The number of hydroxylamine groups is 1. The van der Waals surface area contributed by atoms with Crippen molar-refractivity contribution < 1.29 is 28.0 Å². The van der Waals surface area contributed by atoms with Crippen molar-refractivity contribution >= 4 is 21.7 Å². The van der Waals surface area contributed by atoms with Crippen LogP contribution in [0.4, 0.5) is 0 Å². The zero-order valence-corrected chi connectivity index (χ0v) is 7.63. The van der Waals surface area contributed by atoms with Gasteiger partial charge in [-0.1, -0.05) is 0 Å². The van der Waals surface area contributed by atoms with Gasteiger partial charge in [0.15, 0.2) is 16.4 Å². The Labute approximate surface area is 74.6 Å². The molecule has 1 amide bonds. The minimum atomic E-state index is -3.41. The van der Waals surface area contributed by atoms with E-state index < -0.39 is 34.1 Å². The summed E-state index contributed by atoms with van der Waals surface area (Å²) in [6.07, 6.45) is 0.879. The van der Waals surface area contributed by atoms with Crippen molar-refractivity contribution in [1.82, 2.24) is 5.48 Å². The number of aliphatic carboxylic acids is 1. The maximum absolute atomic E-state index is 10.6. The highest BCUT2D eigenvalue weighted by atomic mass is 32.2. The van der Waals surface area contributed by atoms with Crippen LogP contribution < -0.4 is 5.48 Å². The molecular weight excluding hydrogens is 202 g/mol. The van der Waals surface area contributed by atoms with E-state index >= 15 is 0 Å². The van der Waals surface area contributed by atoms with E-state index in [1.807, 2.05) is 0 Å². The number of carbonyl (C=O) groups is 2. The molecule has 0 aliphatic rings. The van der Waals surface area contributed by atoms with Gasteiger partial charge in [-0.05, 0) is 0 Å². The van der Waals surface area contributed by atoms with Crippen molar-refractivity contribution in [2.75, 3.05) is 18.6 Å². The predicted molar refractivity (Wildman–Crippen MR) is 41.4 cm³/mol. The Hall–Kier alpha value is -1.15. The number of carboxylic acid groups (broad SMARTS) is 1. The zero-order valence-electron chi connectivity index (χ0n) is 6.81.